The van der Waals surface area contributed by atoms with Crippen LogP contribution in [0.5, 0.6) is 5.88 Å². The molecule has 2 aromatic rings. The molecule has 1 unspecified atom stereocenters. The quantitative estimate of drug-likeness (QED) is 0.666. The van der Waals surface area contributed by atoms with Gasteiger partial charge in [-0.15, -0.1) is 4.36 Å². The van der Waals surface area contributed by atoms with Gasteiger partial charge in [0.15, 0.2) is 9.92 Å². The number of carbonyl (C=O) groups excluding carboxylic acids is 1. The molecule has 1 aliphatic heterocycles. The number of anilines is 1. The van der Waals surface area contributed by atoms with E-state index in [2.05, 4.69) is 20.8 Å². The fraction of sp³-hybridized carbons (Fsp3) is 0.524. The zero-order valence-electron chi connectivity index (χ0n) is 17.5. The number of aliphatic hydroxyl groups excluding tert-OH is 1. The van der Waals surface area contributed by atoms with Gasteiger partial charge in [-0.1, -0.05) is 13.0 Å². The Bertz CT molecular complexity index is 1160. The minimum atomic E-state index is -3.56. The largest absolute Gasteiger partial charge is 0.476 e. The van der Waals surface area contributed by atoms with Gasteiger partial charge >= 0.3 is 6.03 Å². The van der Waals surface area contributed by atoms with Crippen LogP contribution in [0.4, 0.5) is 10.5 Å². The lowest BCUT2D eigenvalue weighted by molar-refractivity contribution is 0.0287. The highest BCUT2D eigenvalue weighted by molar-refractivity contribution is 7.91. The molecular formula is C21H27N5O4S. The average molecular weight is 446 g/mol. The maximum absolute atomic E-state index is 13.2. The first-order valence-corrected chi connectivity index (χ1v) is 12.2. The number of rotatable bonds is 3. The van der Waals surface area contributed by atoms with Gasteiger partial charge in [-0.05, 0) is 60.8 Å². The first kappa shape index (κ1) is 20.5. The van der Waals surface area contributed by atoms with Crippen molar-refractivity contribution in [2.45, 2.75) is 56.9 Å². The summed E-state index contributed by atoms with van der Waals surface area (Å²) >= 11 is 0. The summed E-state index contributed by atoms with van der Waals surface area (Å²) in [5, 5.41) is 22.6. The maximum atomic E-state index is 13.2. The number of aryl methyl sites for hydroxylation is 2. The Morgan fingerprint density at radius 3 is 2.65 bits per heavy atom. The van der Waals surface area contributed by atoms with E-state index in [1.165, 1.54) is 33.1 Å². The van der Waals surface area contributed by atoms with Crippen LogP contribution < -0.4 is 15.2 Å². The Labute approximate surface area is 181 Å². The van der Waals surface area contributed by atoms with E-state index in [4.69, 9.17) is 9.88 Å². The molecule has 10 heteroatoms. The summed E-state index contributed by atoms with van der Waals surface area (Å²) in [4.78, 5) is 12.9. The lowest BCUT2D eigenvalue weighted by atomic mass is 9.92. The summed E-state index contributed by atoms with van der Waals surface area (Å²) in [5.41, 5.74) is 5.25. The molecule has 1 aromatic heterocycles. The number of benzene rings is 1. The van der Waals surface area contributed by atoms with Crippen LogP contribution in [0.3, 0.4) is 0 Å². The van der Waals surface area contributed by atoms with Gasteiger partial charge in [-0.25, -0.2) is 18.8 Å². The number of hydrogen-bond donors (Lipinski definition) is 3. The van der Waals surface area contributed by atoms with Crippen LogP contribution in [0.2, 0.25) is 0 Å². The van der Waals surface area contributed by atoms with E-state index in [9.17, 15) is 14.1 Å². The minimum Gasteiger partial charge on any atom is -0.476 e. The fourth-order valence-corrected chi connectivity index (χ4v) is 5.83. The highest BCUT2D eigenvalue weighted by Gasteiger charge is 2.35. The Hall–Kier alpha value is -2.43. The van der Waals surface area contributed by atoms with Crippen molar-refractivity contribution in [1.82, 2.24) is 9.78 Å². The molecule has 31 heavy (non-hydrogen) atoms. The van der Waals surface area contributed by atoms with Crippen LogP contribution in [0.15, 0.2) is 21.5 Å². The summed E-state index contributed by atoms with van der Waals surface area (Å²) in [6, 6.07) is 1.55. The standard InChI is InChI=1S/C21H27N5O4S/c1-21(11-27)10-26-19(30-12-21)17(9-23-26)31(22,29)25-20(28)24-18-15-6-2-4-13(15)8-14-5-3-7-16(14)18/h8-9,27H,2-7,10-12H2,1H3,(H3,22,24,25,28,29)/t21-,31?/m0/s1. The number of nitrogens with two attached hydrogens (primary N) is 1. The second-order valence-corrected chi connectivity index (χ2v) is 10.8. The number of fused-ring (bicyclic) bond motifs is 3. The number of aliphatic hydroxyl groups is 1. The molecule has 2 heterocycles. The maximum Gasteiger partial charge on any atom is 0.354 e. The van der Waals surface area contributed by atoms with E-state index in [0.717, 1.165) is 44.2 Å². The Morgan fingerprint density at radius 2 is 2.00 bits per heavy atom. The van der Waals surface area contributed by atoms with Crippen LogP contribution in [0.25, 0.3) is 0 Å². The number of aromatic nitrogens is 2. The fourth-order valence-electron chi connectivity index (χ4n) is 4.83. The number of ether oxygens (including phenoxy) is 1. The third-order valence-corrected chi connectivity index (χ3v) is 7.82. The summed E-state index contributed by atoms with van der Waals surface area (Å²) in [7, 11) is -3.56. The van der Waals surface area contributed by atoms with Crippen molar-refractivity contribution in [2.24, 2.45) is 14.9 Å². The van der Waals surface area contributed by atoms with Gasteiger partial charge < -0.3 is 15.2 Å². The van der Waals surface area contributed by atoms with E-state index in [0.29, 0.717) is 6.54 Å². The van der Waals surface area contributed by atoms with Crippen LogP contribution in [-0.2, 0) is 42.1 Å². The highest BCUT2D eigenvalue weighted by atomic mass is 32.2. The lowest BCUT2D eigenvalue weighted by Crippen LogP contribution is -2.38. The molecule has 166 valence electrons. The molecule has 4 N–H and O–H groups in total. The number of amides is 2. The summed E-state index contributed by atoms with van der Waals surface area (Å²) in [6.45, 7) is 2.42. The first-order chi connectivity index (χ1) is 14.8. The molecule has 0 radical (unpaired) electrons. The number of hydrogen-bond acceptors (Lipinski definition) is 5. The third kappa shape index (κ3) is 3.52. The van der Waals surface area contributed by atoms with Gasteiger partial charge in [-0.2, -0.15) is 5.10 Å². The SMILES string of the molecule is C[C@]1(CO)COc2c(S(N)(=O)=NC(=O)Nc3c4c(cc5c3CCC5)CCC4)cnn2C1. The number of nitrogens with zero attached hydrogens (tertiary/aromatic N) is 3. The third-order valence-electron chi connectivity index (χ3n) is 6.47. The van der Waals surface area contributed by atoms with Crippen LogP contribution in [0, 0.1) is 5.41 Å². The number of urea groups is 1. The van der Waals surface area contributed by atoms with Crippen molar-refractivity contribution in [3.63, 3.8) is 0 Å². The molecule has 0 saturated heterocycles. The second kappa shape index (κ2) is 7.32. The van der Waals surface area contributed by atoms with Crippen molar-refractivity contribution in [2.75, 3.05) is 18.5 Å². The Kier molecular flexibility index (Phi) is 4.83. The van der Waals surface area contributed by atoms with Crippen molar-refractivity contribution in [3.8, 4) is 5.88 Å². The monoisotopic (exact) mass is 445 g/mol. The van der Waals surface area contributed by atoms with Gasteiger partial charge in [0.2, 0.25) is 5.88 Å². The smallest absolute Gasteiger partial charge is 0.354 e. The molecule has 9 nitrogen and oxygen atoms in total. The van der Waals surface area contributed by atoms with E-state index >= 15 is 0 Å². The summed E-state index contributed by atoms with van der Waals surface area (Å²) < 4.78 is 24.2. The number of carbonyl (C=O) groups is 1. The molecule has 2 atom stereocenters. The summed E-state index contributed by atoms with van der Waals surface area (Å²) in [6.07, 6.45) is 7.34. The zero-order valence-corrected chi connectivity index (χ0v) is 18.3. The molecular weight excluding hydrogens is 418 g/mol. The Balaban J connectivity index is 1.45. The molecule has 0 saturated carbocycles. The van der Waals surface area contributed by atoms with Gasteiger partial charge in [0, 0.05) is 11.1 Å². The van der Waals surface area contributed by atoms with Crippen molar-refractivity contribution in [3.05, 3.63) is 34.5 Å². The van der Waals surface area contributed by atoms with Crippen LogP contribution >= 0.6 is 0 Å². The van der Waals surface area contributed by atoms with Gasteiger partial charge in [0.1, 0.15) is 4.90 Å². The van der Waals surface area contributed by atoms with E-state index in [1.54, 1.807) is 0 Å². The van der Waals surface area contributed by atoms with Crippen LogP contribution in [0.1, 0.15) is 42.0 Å². The lowest BCUT2D eigenvalue weighted by Gasteiger charge is -2.32. The molecule has 2 aliphatic carbocycles. The molecule has 0 fully saturated rings. The predicted molar refractivity (Wildman–Crippen MR) is 115 cm³/mol. The van der Waals surface area contributed by atoms with Gasteiger partial charge in [-0.3, -0.25) is 0 Å². The summed E-state index contributed by atoms with van der Waals surface area (Å²) in [5.74, 6) is 0.233. The highest BCUT2D eigenvalue weighted by Crippen LogP contribution is 2.39. The first-order valence-electron chi connectivity index (χ1n) is 10.6. The minimum absolute atomic E-state index is 0.0713. The molecule has 2 amide bonds. The second-order valence-electron chi connectivity index (χ2n) is 9.05. The predicted octanol–water partition coefficient (Wildman–Crippen LogP) is 2.18. The van der Waals surface area contributed by atoms with Gasteiger partial charge in [0.25, 0.3) is 0 Å². The molecule has 1 aromatic carbocycles. The van der Waals surface area contributed by atoms with E-state index < -0.39 is 21.4 Å². The van der Waals surface area contributed by atoms with Crippen molar-refractivity contribution in [1.29, 1.82) is 0 Å². The molecule has 0 bridgehead atoms. The van der Waals surface area contributed by atoms with E-state index in [1.807, 2.05) is 6.92 Å². The van der Waals surface area contributed by atoms with Crippen molar-refractivity contribution < 1.29 is 18.8 Å². The Morgan fingerprint density at radius 1 is 1.32 bits per heavy atom. The molecule has 5 rings (SSSR count). The zero-order chi connectivity index (χ0) is 21.8. The van der Waals surface area contributed by atoms with Gasteiger partial charge in [0.05, 0.1) is 26.0 Å². The van der Waals surface area contributed by atoms with Crippen LogP contribution in [-0.4, -0.2) is 38.3 Å². The number of nitrogens with one attached hydrogen (secondary N) is 1. The topological polar surface area (TPSA) is 132 Å². The molecule has 3 aliphatic rings. The molecule has 0 spiro atoms. The van der Waals surface area contributed by atoms with E-state index in [-0.39, 0.29) is 24.0 Å². The average Bonchev–Trinajstić information content (AvgIpc) is 3.46. The van der Waals surface area contributed by atoms with Crippen molar-refractivity contribution >= 4 is 21.6 Å². The normalized spacial score (nSPS) is 23.3.